The molecule has 0 bridgehead atoms. The van der Waals surface area contributed by atoms with Crippen LogP contribution in [0.15, 0.2) is 36.4 Å². The lowest BCUT2D eigenvalue weighted by atomic mass is 9.77. The van der Waals surface area contributed by atoms with Gasteiger partial charge in [-0.3, -0.25) is 4.79 Å². The van der Waals surface area contributed by atoms with Crippen LogP contribution >= 0.6 is 11.6 Å². The first-order valence-electron chi connectivity index (χ1n) is 9.05. The lowest BCUT2D eigenvalue weighted by Gasteiger charge is -2.28. The maximum Gasteiger partial charge on any atom is 0.224 e. The third-order valence-electron chi connectivity index (χ3n) is 5.20. The summed E-state index contributed by atoms with van der Waals surface area (Å²) >= 11 is 5.53. The third kappa shape index (κ3) is 4.78. The molecule has 0 aromatic heterocycles. The molecule has 1 amide bonds. The van der Waals surface area contributed by atoms with E-state index in [2.05, 4.69) is 17.4 Å². The summed E-state index contributed by atoms with van der Waals surface area (Å²) in [5, 5.41) is 2.15. The first-order valence-corrected chi connectivity index (χ1v) is 9.43. The number of carbonyl (C=O) groups excluding carboxylic acids is 1. The van der Waals surface area contributed by atoms with E-state index in [9.17, 15) is 13.6 Å². The molecule has 2 aromatic carbocycles. The number of hydrogen-bond acceptors (Lipinski definition) is 2. The number of amides is 1. The molecular formula is C21H22ClF2NO2. The molecule has 0 aliphatic heterocycles. The zero-order chi connectivity index (χ0) is 19.4. The van der Waals surface area contributed by atoms with Gasteiger partial charge in [0, 0.05) is 6.42 Å². The highest BCUT2D eigenvalue weighted by atomic mass is 35.5. The van der Waals surface area contributed by atoms with E-state index in [4.69, 9.17) is 16.3 Å². The number of carbonyl (C=O) groups is 1. The van der Waals surface area contributed by atoms with Crippen molar-refractivity contribution < 1.29 is 18.3 Å². The molecule has 1 fully saturated rings. The Morgan fingerprint density at radius 1 is 1.15 bits per heavy atom. The minimum atomic E-state index is -1.15. The largest absolute Gasteiger partial charge is 0.497 e. The van der Waals surface area contributed by atoms with Crippen LogP contribution in [0, 0.1) is 17.6 Å². The van der Waals surface area contributed by atoms with E-state index in [0.29, 0.717) is 12.3 Å². The fourth-order valence-electron chi connectivity index (χ4n) is 3.68. The fourth-order valence-corrected chi connectivity index (χ4v) is 3.83. The third-order valence-corrected chi connectivity index (χ3v) is 5.49. The van der Waals surface area contributed by atoms with E-state index in [1.165, 1.54) is 17.7 Å². The van der Waals surface area contributed by atoms with Gasteiger partial charge >= 0.3 is 0 Å². The van der Waals surface area contributed by atoms with Crippen molar-refractivity contribution in [2.24, 2.45) is 5.92 Å². The minimum absolute atomic E-state index is 0.174. The molecule has 0 unspecified atom stereocenters. The lowest BCUT2D eigenvalue weighted by Crippen LogP contribution is -2.21. The van der Waals surface area contributed by atoms with Gasteiger partial charge < -0.3 is 10.1 Å². The zero-order valence-electron chi connectivity index (χ0n) is 15.1. The average Bonchev–Trinajstić information content (AvgIpc) is 2.69. The van der Waals surface area contributed by atoms with Gasteiger partial charge in [-0.15, -0.1) is 0 Å². The summed E-state index contributed by atoms with van der Waals surface area (Å²) in [4.78, 5) is 12.2. The molecule has 1 N–H and O–H groups in total. The molecule has 0 radical (unpaired) electrons. The fraction of sp³-hybridized carbons (Fsp3) is 0.381. The summed E-state index contributed by atoms with van der Waals surface area (Å²) < 4.78 is 32.6. The highest BCUT2D eigenvalue weighted by Gasteiger charge is 2.25. The van der Waals surface area contributed by atoms with Gasteiger partial charge in [0.05, 0.1) is 17.8 Å². The van der Waals surface area contributed by atoms with Crippen LogP contribution in [-0.4, -0.2) is 13.0 Å². The van der Waals surface area contributed by atoms with Crippen molar-refractivity contribution in [2.75, 3.05) is 12.4 Å². The molecule has 0 atom stereocenters. The second kappa shape index (κ2) is 8.70. The van der Waals surface area contributed by atoms with Crippen LogP contribution in [0.3, 0.4) is 0 Å². The highest BCUT2D eigenvalue weighted by Crippen LogP contribution is 2.38. The lowest BCUT2D eigenvalue weighted by molar-refractivity contribution is -0.117. The minimum Gasteiger partial charge on any atom is -0.497 e. The van der Waals surface area contributed by atoms with Crippen molar-refractivity contribution in [1.29, 1.82) is 0 Å². The average molecular weight is 394 g/mol. The van der Waals surface area contributed by atoms with Crippen molar-refractivity contribution in [3.8, 4) is 5.75 Å². The van der Waals surface area contributed by atoms with Gasteiger partial charge in [0.15, 0.2) is 11.6 Å². The smallest absolute Gasteiger partial charge is 0.224 e. The Kier molecular flexibility index (Phi) is 6.32. The zero-order valence-corrected chi connectivity index (χ0v) is 15.9. The first-order chi connectivity index (χ1) is 13.0. The predicted molar refractivity (Wildman–Crippen MR) is 102 cm³/mol. The Morgan fingerprint density at radius 2 is 1.89 bits per heavy atom. The molecule has 27 heavy (non-hydrogen) atoms. The summed E-state index contributed by atoms with van der Waals surface area (Å²) in [7, 11) is 1.66. The van der Waals surface area contributed by atoms with Crippen molar-refractivity contribution >= 4 is 23.2 Å². The Bertz CT molecular complexity index is 820. The van der Waals surface area contributed by atoms with Gasteiger partial charge in [-0.1, -0.05) is 23.7 Å². The molecule has 1 aliphatic carbocycles. The van der Waals surface area contributed by atoms with E-state index in [0.717, 1.165) is 31.4 Å². The van der Waals surface area contributed by atoms with Crippen molar-refractivity contribution in [2.45, 2.75) is 38.0 Å². The van der Waals surface area contributed by atoms with Gasteiger partial charge in [0.25, 0.3) is 0 Å². The number of hydrogen-bond donors (Lipinski definition) is 1. The number of ether oxygens (including phenoxy) is 1. The normalized spacial score (nSPS) is 19.6. The number of nitrogens with one attached hydrogen (secondary N) is 1. The van der Waals surface area contributed by atoms with E-state index in [1.54, 1.807) is 7.11 Å². The topological polar surface area (TPSA) is 38.3 Å². The van der Waals surface area contributed by atoms with Gasteiger partial charge in [0.1, 0.15) is 5.75 Å². The molecule has 3 rings (SSSR count). The Hall–Kier alpha value is -2.14. The maximum absolute atomic E-state index is 13.8. The summed E-state index contributed by atoms with van der Waals surface area (Å²) in [5.74, 6) is -1.02. The van der Waals surface area contributed by atoms with E-state index < -0.39 is 11.6 Å². The van der Waals surface area contributed by atoms with Crippen molar-refractivity contribution in [3.63, 3.8) is 0 Å². The molecule has 0 saturated heterocycles. The van der Waals surface area contributed by atoms with E-state index >= 15 is 0 Å². The van der Waals surface area contributed by atoms with Crippen molar-refractivity contribution in [1.82, 2.24) is 0 Å². The van der Waals surface area contributed by atoms with Crippen LogP contribution in [-0.2, 0) is 4.79 Å². The molecule has 1 saturated carbocycles. The standard InChI is InChI=1S/C21H22ClF2NO2/c1-27-16-4-2-3-15(12-16)14-7-5-13(6-8-14)11-19(26)25-18-10-9-17(22)20(23)21(18)24/h2-4,9-10,12-14H,5-8,11H2,1H3,(H,25,26). The van der Waals surface area contributed by atoms with E-state index in [-0.39, 0.29) is 22.5 Å². The molecule has 144 valence electrons. The quantitative estimate of drug-likeness (QED) is 0.639. The second-order valence-corrected chi connectivity index (χ2v) is 7.38. The van der Waals surface area contributed by atoms with Crippen LogP contribution in [0.25, 0.3) is 0 Å². The van der Waals surface area contributed by atoms with Crippen LogP contribution in [0.5, 0.6) is 5.75 Å². The van der Waals surface area contributed by atoms with Crippen LogP contribution in [0.1, 0.15) is 43.6 Å². The van der Waals surface area contributed by atoms with Crippen molar-refractivity contribution in [3.05, 3.63) is 58.6 Å². The summed E-state index contributed by atoms with van der Waals surface area (Å²) in [6, 6.07) is 10.6. The number of methoxy groups -OCH3 is 1. The number of anilines is 1. The monoisotopic (exact) mass is 393 g/mol. The van der Waals surface area contributed by atoms with E-state index in [1.807, 2.05) is 12.1 Å². The summed E-state index contributed by atoms with van der Waals surface area (Å²) in [5.41, 5.74) is 1.09. The molecule has 3 nitrogen and oxygen atoms in total. The second-order valence-electron chi connectivity index (χ2n) is 6.97. The molecule has 0 spiro atoms. The van der Waals surface area contributed by atoms with Crippen LogP contribution in [0.4, 0.5) is 14.5 Å². The molecular weight excluding hydrogens is 372 g/mol. The van der Waals surface area contributed by atoms with Gasteiger partial charge in [-0.2, -0.15) is 0 Å². The highest BCUT2D eigenvalue weighted by molar-refractivity contribution is 6.30. The Balaban J connectivity index is 1.53. The van der Waals surface area contributed by atoms with Gasteiger partial charge in [0.2, 0.25) is 5.91 Å². The number of benzene rings is 2. The van der Waals surface area contributed by atoms with Crippen LogP contribution in [0.2, 0.25) is 5.02 Å². The van der Waals surface area contributed by atoms with Gasteiger partial charge in [-0.25, -0.2) is 8.78 Å². The maximum atomic E-state index is 13.8. The Labute approximate surface area is 162 Å². The molecule has 6 heteroatoms. The molecule has 1 aliphatic rings. The predicted octanol–water partition coefficient (Wildman–Crippen LogP) is 5.93. The van der Waals surface area contributed by atoms with Gasteiger partial charge in [-0.05, 0) is 67.3 Å². The molecule has 2 aromatic rings. The molecule has 0 heterocycles. The number of halogens is 3. The SMILES string of the molecule is COc1cccc(C2CCC(CC(=O)Nc3ccc(Cl)c(F)c3F)CC2)c1. The summed E-state index contributed by atoms with van der Waals surface area (Å²) in [6.45, 7) is 0. The first kappa shape index (κ1) is 19.6. The summed E-state index contributed by atoms with van der Waals surface area (Å²) in [6.07, 6.45) is 4.14. The Morgan fingerprint density at radius 3 is 2.59 bits per heavy atom. The van der Waals surface area contributed by atoms with Crippen LogP contribution < -0.4 is 10.1 Å². The number of rotatable bonds is 5.